The highest BCUT2D eigenvalue weighted by Gasteiger charge is 2.14. The molecule has 1 N–H and O–H groups in total. The molecule has 0 radical (unpaired) electrons. The van der Waals surface area contributed by atoms with Gasteiger partial charge in [0, 0.05) is 6.54 Å². The lowest BCUT2D eigenvalue weighted by atomic mass is 10.1. The maximum Gasteiger partial charge on any atom is 0.335 e. The number of fused-ring (bicyclic) bond motifs is 1. The molecule has 3 aromatic rings. The summed E-state index contributed by atoms with van der Waals surface area (Å²) in [7, 11) is 0. The van der Waals surface area contributed by atoms with Gasteiger partial charge in [0.15, 0.2) is 0 Å². The zero-order valence-corrected chi connectivity index (χ0v) is 13.1. The van der Waals surface area contributed by atoms with Gasteiger partial charge in [-0.25, -0.2) is 9.59 Å². The number of rotatable bonds is 4. The fourth-order valence-corrected chi connectivity index (χ4v) is 2.77. The Labute approximate surface area is 137 Å². The quantitative estimate of drug-likeness (QED) is 0.795. The monoisotopic (exact) mass is 324 g/mol. The van der Waals surface area contributed by atoms with Crippen molar-refractivity contribution < 1.29 is 9.90 Å². The van der Waals surface area contributed by atoms with Crippen LogP contribution in [0.3, 0.4) is 0 Å². The minimum absolute atomic E-state index is 0.0205. The number of carboxylic acids is 1. The van der Waals surface area contributed by atoms with Crippen LogP contribution in [0.25, 0.3) is 10.9 Å². The third kappa shape index (κ3) is 2.62. The van der Waals surface area contributed by atoms with Crippen LogP contribution in [0.5, 0.6) is 0 Å². The summed E-state index contributed by atoms with van der Waals surface area (Å²) < 4.78 is 2.62. The number of hydrogen-bond donors (Lipinski definition) is 1. The molecule has 1 heterocycles. The minimum Gasteiger partial charge on any atom is -0.478 e. The number of aromatic nitrogens is 2. The van der Waals surface area contributed by atoms with E-state index in [4.69, 9.17) is 5.11 Å². The lowest BCUT2D eigenvalue weighted by Crippen LogP contribution is -2.40. The molecule has 3 rings (SSSR count). The molecule has 0 aliphatic rings. The van der Waals surface area contributed by atoms with Gasteiger partial charge in [-0.3, -0.25) is 13.9 Å². The van der Waals surface area contributed by atoms with Crippen LogP contribution in [0.4, 0.5) is 0 Å². The Morgan fingerprint density at radius 2 is 1.75 bits per heavy atom. The predicted octanol–water partition coefficient (Wildman–Crippen LogP) is 1.93. The van der Waals surface area contributed by atoms with Gasteiger partial charge in [0.05, 0.1) is 23.0 Å². The molecule has 1 aromatic heterocycles. The molecule has 0 saturated heterocycles. The number of aromatic carboxylic acids is 1. The van der Waals surface area contributed by atoms with E-state index < -0.39 is 17.2 Å². The molecule has 6 heteroatoms. The van der Waals surface area contributed by atoms with Crippen molar-refractivity contribution in [3.63, 3.8) is 0 Å². The van der Waals surface area contributed by atoms with Crippen molar-refractivity contribution in [2.75, 3.05) is 0 Å². The Morgan fingerprint density at radius 3 is 2.38 bits per heavy atom. The maximum absolute atomic E-state index is 12.8. The molecule has 0 atom stereocenters. The van der Waals surface area contributed by atoms with Gasteiger partial charge in [-0.15, -0.1) is 0 Å². The Bertz CT molecular complexity index is 1030. The highest BCUT2D eigenvalue weighted by Crippen LogP contribution is 2.12. The third-order valence-electron chi connectivity index (χ3n) is 3.97. The second-order valence-electron chi connectivity index (χ2n) is 5.44. The number of benzene rings is 2. The highest BCUT2D eigenvalue weighted by molar-refractivity contribution is 5.93. The van der Waals surface area contributed by atoms with E-state index in [0.29, 0.717) is 12.1 Å². The average Bonchev–Trinajstić information content (AvgIpc) is 2.59. The van der Waals surface area contributed by atoms with Gasteiger partial charge in [-0.2, -0.15) is 0 Å². The van der Waals surface area contributed by atoms with Crippen LogP contribution in [0, 0.1) is 0 Å². The molecule has 0 aliphatic carbocycles. The van der Waals surface area contributed by atoms with Crippen molar-refractivity contribution in [1.29, 1.82) is 0 Å². The van der Waals surface area contributed by atoms with Crippen LogP contribution >= 0.6 is 0 Å². The largest absolute Gasteiger partial charge is 0.478 e. The van der Waals surface area contributed by atoms with Gasteiger partial charge >= 0.3 is 11.7 Å². The molecule has 122 valence electrons. The van der Waals surface area contributed by atoms with E-state index in [-0.39, 0.29) is 17.5 Å². The fourth-order valence-electron chi connectivity index (χ4n) is 2.77. The first-order valence-corrected chi connectivity index (χ1v) is 7.57. The van der Waals surface area contributed by atoms with Crippen molar-refractivity contribution in [1.82, 2.24) is 9.13 Å². The second-order valence-corrected chi connectivity index (χ2v) is 5.44. The van der Waals surface area contributed by atoms with E-state index in [0.717, 1.165) is 10.1 Å². The topological polar surface area (TPSA) is 81.3 Å². The van der Waals surface area contributed by atoms with Crippen molar-refractivity contribution in [2.45, 2.75) is 20.0 Å². The minimum atomic E-state index is -1.11. The summed E-state index contributed by atoms with van der Waals surface area (Å²) in [5.74, 6) is -1.11. The molecule has 0 aliphatic heterocycles. The molecule has 2 aromatic carbocycles. The summed E-state index contributed by atoms with van der Waals surface area (Å²) in [4.78, 5) is 36.6. The van der Waals surface area contributed by atoms with E-state index in [9.17, 15) is 14.4 Å². The summed E-state index contributed by atoms with van der Waals surface area (Å²) in [6, 6.07) is 13.4. The van der Waals surface area contributed by atoms with Gasteiger partial charge in [-0.1, -0.05) is 30.3 Å². The van der Waals surface area contributed by atoms with Crippen LogP contribution in [0.15, 0.2) is 58.1 Å². The normalized spacial score (nSPS) is 10.9. The first kappa shape index (κ1) is 15.7. The van der Waals surface area contributed by atoms with Gasteiger partial charge in [-0.05, 0) is 30.7 Å². The number of hydrogen-bond acceptors (Lipinski definition) is 3. The Hall–Kier alpha value is -3.15. The molecule has 0 unspecified atom stereocenters. The maximum atomic E-state index is 12.8. The van der Waals surface area contributed by atoms with Crippen LogP contribution in [0.1, 0.15) is 22.8 Å². The molecule has 0 bridgehead atoms. The van der Waals surface area contributed by atoms with E-state index >= 15 is 0 Å². The third-order valence-corrected chi connectivity index (χ3v) is 3.97. The van der Waals surface area contributed by atoms with E-state index in [1.165, 1.54) is 22.8 Å². The Morgan fingerprint density at radius 1 is 1.04 bits per heavy atom. The van der Waals surface area contributed by atoms with E-state index in [1.54, 1.807) is 0 Å². The van der Waals surface area contributed by atoms with Crippen molar-refractivity contribution in [3.05, 3.63) is 80.5 Å². The summed E-state index contributed by atoms with van der Waals surface area (Å²) in [6.45, 7) is 2.34. The van der Waals surface area contributed by atoms with E-state index in [2.05, 4.69) is 0 Å². The van der Waals surface area contributed by atoms with Gasteiger partial charge in [0.25, 0.3) is 5.56 Å². The summed E-state index contributed by atoms with van der Waals surface area (Å²) in [5, 5.41) is 9.37. The van der Waals surface area contributed by atoms with Crippen molar-refractivity contribution in [3.8, 4) is 0 Å². The Kier molecular flexibility index (Phi) is 4.04. The summed E-state index contributed by atoms with van der Waals surface area (Å²) in [5.41, 5.74) is 0.413. The van der Waals surface area contributed by atoms with Gasteiger partial charge in [0.2, 0.25) is 0 Å². The zero-order valence-electron chi connectivity index (χ0n) is 13.1. The molecule has 0 saturated carbocycles. The average molecular weight is 324 g/mol. The zero-order chi connectivity index (χ0) is 17.3. The van der Waals surface area contributed by atoms with Crippen LogP contribution in [-0.4, -0.2) is 20.2 Å². The lowest BCUT2D eigenvalue weighted by molar-refractivity contribution is 0.0697. The standard InChI is InChI=1S/C18H16N2O4/c1-2-19-15-9-8-13(17(22)23)10-14(15)16(21)20(18(19)24)11-12-6-4-3-5-7-12/h3-10H,2,11H2,1H3,(H,22,23). The van der Waals surface area contributed by atoms with Gasteiger partial charge < -0.3 is 5.11 Å². The number of carbonyl (C=O) groups is 1. The number of aryl methyl sites for hydroxylation is 1. The molecular formula is C18H16N2O4. The Balaban J connectivity index is 2.31. The predicted molar refractivity (Wildman–Crippen MR) is 90.6 cm³/mol. The highest BCUT2D eigenvalue weighted by atomic mass is 16.4. The molecule has 0 amide bonds. The van der Waals surface area contributed by atoms with E-state index in [1.807, 2.05) is 37.3 Å². The summed E-state index contributed by atoms with van der Waals surface area (Å²) >= 11 is 0. The number of nitrogens with zero attached hydrogens (tertiary/aromatic N) is 2. The van der Waals surface area contributed by atoms with Crippen LogP contribution < -0.4 is 11.2 Å². The fraction of sp³-hybridized carbons (Fsp3) is 0.167. The first-order valence-electron chi connectivity index (χ1n) is 7.57. The second kappa shape index (κ2) is 6.16. The molecule has 0 fully saturated rings. The van der Waals surface area contributed by atoms with Gasteiger partial charge in [0.1, 0.15) is 0 Å². The summed E-state index contributed by atoms with van der Waals surface area (Å²) in [6.07, 6.45) is 0. The molecule has 24 heavy (non-hydrogen) atoms. The van der Waals surface area contributed by atoms with Crippen molar-refractivity contribution >= 4 is 16.9 Å². The smallest absolute Gasteiger partial charge is 0.335 e. The van der Waals surface area contributed by atoms with Crippen molar-refractivity contribution in [2.24, 2.45) is 0 Å². The lowest BCUT2D eigenvalue weighted by Gasteiger charge is -2.13. The van der Waals surface area contributed by atoms with Crippen LogP contribution in [0.2, 0.25) is 0 Å². The van der Waals surface area contributed by atoms with Crippen LogP contribution in [-0.2, 0) is 13.1 Å². The SMILES string of the molecule is CCn1c(=O)n(Cc2ccccc2)c(=O)c2cc(C(=O)O)ccc21. The molecule has 6 nitrogen and oxygen atoms in total. The molecule has 0 spiro atoms. The molecular weight excluding hydrogens is 308 g/mol. The number of carboxylic acid groups (broad SMARTS) is 1. The first-order chi connectivity index (χ1) is 11.5.